The molecule has 0 saturated carbocycles. The van der Waals surface area contributed by atoms with Crippen LogP contribution in [0.1, 0.15) is 25.3 Å². The fourth-order valence-corrected chi connectivity index (χ4v) is 3.48. The number of benzene rings is 1. The van der Waals surface area contributed by atoms with Crippen molar-refractivity contribution in [1.82, 2.24) is 10.2 Å². The van der Waals surface area contributed by atoms with Crippen LogP contribution in [0.2, 0.25) is 0 Å². The number of piperidine rings is 1. The van der Waals surface area contributed by atoms with Crippen LogP contribution < -0.4 is 10.1 Å². The molecule has 0 atom stereocenters. The molecule has 1 saturated heterocycles. The summed E-state index contributed by atoms with van der Waals surface area (Å²) in [5, 5.41) is 3.69. The number of nitrogens with zero attached hydrogens (tertiary/aromatic N) is 1. The van der Waals surface area contributed by atoms with E-state index in [-0.39, 0.29) is 0 Å². The summed E-state index contributed by atoms with van der Waals surface area (Å²) in [7, 11) is 1.74. The van der Waals surface area contributed by atoms with Crippen molar-refractivity contribution in [1.29, 1.82) is 0 Å². The third-order valence-electron chi connectivity index (χ3n) is 4.12. The fraction of sp³-hybridized carbons (Fsp3) is 0.556. The Morgan fingerprint density at radius 2 is 2.14 bits per heavy atom. The lowest BCUT2D eigenvalue weighted by atomic mass is 10.0. The molecule has 1 aromatic rings. The van der Waals surface area contributed by atoms with E-state index in [2.05, 4.69) is 48.2 Å². The van der Waals surface area contributed by atoms with Gasteiger partial charge in [0.05, 0.1) is 7.11 Å². The summed E-state index contributed by atoms with van der Waals surface area (Å²) < 4.78 is 5.46. The lowest BCUT2D eigenvalue weighted by molar-refractivity contribution is 0.211. The van der Waals surface area contributed by atoms with E-state index in [9.17, 15) is 0 Å². The number of nitrogens with one attached hydrogen (secondary N) is 1. The fourth-order valence-electron chi connectivity index (χ4n) is 2.93. The lowest BCUT2D eigenvalue weighted by Gasteiger charge is -2.32. The van der Waals surface area contributed by atoms with Gasteiger partial charge in [-0.05, 0) is 56.8 Å². The van der Waals surface area contributed by atoms with Crippen LogP contribution in [0, 0.1) is 0 Å². The van der Waals surface area contributed by atoms with Crippen LogP contribution in [0.4, 0.5) is 0 Å². The molecule has 0 unspecified atom stereocenters. The van der Waals surface area contributed by atoms with E-state index in [0.29, 0.717) is 6.04 Å². The van der Waals surface area contributed by atoms with Crippen LogP contribution in [-0.4, -0.2) is 43.9 Å². The summed E-state index contributed by atoms with van der Waals surface area (Å²) in [6.07, 6.45) is 4.51. The van der Waals surface area contributed by atoms with Gasteiger partial charge in [0.25, 0.3) is 0 Å². The molecule has 1 aromatic carbocycles. The SMILES string of the molecule is C=C(C)CN1CCC(NCc2ccc(SC)c(OC)c2)CC1. The highest BCUT2D eigenvalue weighted by molar-refractivity contribution is 7.98. The molecule has 1 aliphatic heterocycles. The Bertz CT molecular complexity index is 496. The molecule has 1 heterocycles. The summed E-state index contributed by atoms with van der Waals surface area (Å²) >= 11 is 1.72. The summed E-state index contributed by atoms with van der Waals surface area (Å²) in [4.78, 5) is 3.69. The molecule has 0 aliphatic carbocycles. The average molecular weight is 321 g/mol. The quantitative estimate of drug-likeness (QED) is 0.613. The molecule has 4 heteroatoms. The van der Waals surface area contributed by atoms with Gasteiger partial charge in [0.1, 0.15) is 5.75 Å². The third-order valence-corrected chi connectivity index (χ3v) is 4.90. The number of ether oxygens (including phenoxy) is 1. The predicted octanol–water partition coefficient (Wildman–Crippen LogP) is 3.55. The predicted molar refractivity (Wildman–Crippen MR) is 95.9 cm³/mol. The van der Waals surface area contributed by atoms with Gasteiger partial charge in [0.2, 0.25) is 0 Å². The summed E-state index contributed by atoms with van der Waals surface area (Å²) in [6.45, 7) is 10.4. The second-order valence-electron chi connectivity index (χ2n) is 6.08. The highest BCUT2D eigenvalue weighted by Gasteiger charge is 2.18. The molecule has 1 N–H and O–H groups in total. The van der Waals surface area contributed by atoms with Crippen molar-refractivity contribution in [3.63, 3.8) is 0 Å². The van der Waals surface area contributed by atoms with Crippen molar-refractivity contribution in [3.05, 3.63) is 35.9 Å². The zero-order valence-electron chi connectivity index (χ0n) is 14.0. The van der Waals surface area contributed by atoms with Crippen LogP contribution in [0.15, 0.2) is 35.2 Å². The second-order valence-corrected chi connectivity index (χ2v) is 6.93. The molecule has 0 radical (unpaired) electrons. The molecular formula is C18H28N2OS. The highest BCUT2D eigenvalue weighted by atomic mass is 32.2. The number of hydrogen-bond acceptors (Lipinski definition) is 4. The van der Waals surface area contributed by atoms with Crippen molar-refractivity contribution in [2.75, 3.05) is 33.0 Å². The van der Waals surface area contributed by atoms with E-state index in [4.69, 9.17) is 4.74 Å². The zero-order chi connectivity index (χ0) is 15.9. The normalized spacial score (nSPS) is 16.7. The summed E-state index contributed by atoms with van der Waals surface area (Å²) in [5.41, 5.74) is 2.55. The number of hydrogen-bond donors (Lipinski definition) is 1. The minimum atomic E-state index is 0.618. The third kappa shape index (κ3) is 5.04. The summed E-state index contributed by atoms with van der Waals surface area (Å²) in [5.74, 6) is 0.975. The van der Waals surface area contributed by atoms with Gasteiger partial charge in [0.15, 0.2) is 0 Å². The number of thioether (sulfide) groups is 1. The van der Waals surface area contributed by atoms with Crippen LogP contribution in [0.5, 0.6) is 5.75 Å². The van der Waals surface area contributed by atoms with Gasteiger partial charge in [-0.2, -0.15) is 0 Å². The molecule has 2 rings (SSSR count). The molecular weight excluding hydrogens is 292 g/mol. The molecule has 0 bridgehead atoms. The first-order valence-electron chi connectivity index (χ1n) is 7.93. The van der Waals surface area contributed by atoms with Gasteiger partial charge < -0.3 is 10.1 Å². The van der Waals surface area contributed by atoms with Gasteiger partial charge in [-0.25, -0.2) is 0 Å². The minimum absolute atomic E-state index is 0.618. The lowest BCUT2D eigenvalue weighted by Crippen LogP contribution is -2.42. The Morgan fingerprint density at radius 1 is 1.41 bits per heavy atom. The average Bonchev–Trinajstić information content (AvgIpc) is 2.53. The molecule has 122 valence electrons. The van der Waals surface area contributed by atoms with Crippen molar-refractivity contribution < 1.29 is 4.74 Å². The second kappa shape index (κ2) is 8.61. The highest BCUT2D eigenvalue weighted by Crippen LogP contribution is 2.28. The Balaban J connectivity index is 1.80. The maximum absolute atomic E-state index is 5.46. The molecule has 3 nitrogen and oxygen atoms in total. The smallest absolute Gasteiger partial charge is 0.132 e. The molecule has 22 heavy (non-hydrogen) atoms. The minimum Gasteiger partial charge on any atom is -0.496 e. The van der Waals surface area contributed by atoms with E-state index in [1.165, 1.54) is 42.0 Å². The van der Waals surface area contributed by atoms with Crippen molar-refractivity contribution >= 4 is 11.8 Å². The van der Waals surface area contributed by atoms with Gasteiger partial charge in [-0.15, -0.1) is 11.8 Å². The van der Waals surface area contributed by atoms with Crippen LogP contribution in [0.25, 0.3) is 0 Å². The van der Waals surface area contributed by atoms with E-state index >= 15 is 0 Å². The molecule has 0 amide bonds. The topological polar surface area (TPSA) is 24.5 Å². The maximum Gasteiger partial charge on any atom is 0.132 e. The Kier molecular flexibility index (Phi) is 6.80. The standard InChI is InChI=1S/C18H28N2OS/c1-14(2)13-20-9-7-16(8-10-20)19-12-15-5-6-18(22-4)17(11-15)21-3/h5-6,11,16,19H,1,7-10,12-13H2,2-4H3. The van der Waals surface area contributed by atoms with Gasteiger partial charge in [-0.1, -0.05) is 18.2 Å². The van der Waals surface area contributed by atoms with Crippen LogP contribution >= 0.6 is 11.8 Å². The molecule has 0 spiro atoms. The van der Waals surface area contributed by atoms with E-state index in [1.807, 2.05) is 0 Å². The van der Waals surface area contributed by atoms with Crippen molar-refractivity contribution in [3.8, 4) is 5.75 Å². The summed E-state index contributed by atoms with van der Waals surface area (Å²) in [6, 6.07) is 7.11. The van der Waals surface area contributed by atoms with E-state index < -0.39 is 0 Å². The first kappa shape index (κ1) is 17.4. The molecule has 0 aromatic heterocycles. The number of rotatable bonds is 7. The van der Waals surface area contributed by atoms with Gasteiger partial charge in [-0.3, -0.25) is 4.90 Å². The first-order valence-corrected chi connectivity index (χ1v) is 9.16. The van der Waals surface area contributed by atoms with Gasteiger partial charge >= 0.3 is 0 Å². The van der Waals surface area contributed by atoms with E-state index in [0.717, 1.165) is 18.8 Å². The maximum atomic E-state index is 5.46. The molecule has 1 fully saturated rings. The van der Waals surface area contributed by atoms with Crippen LogP contribution in [-0.2, 0) is 6.54 Å². The van der Waals surface area contributed by atoms with Crippen LogP contribution in [0.3, 0.4) is 0 Å². The van der Waals surface area contributed by atoms with Crippen molar-refractivity contribution in [2.24, 2.45) is 0 Å². The number of methoxy groups -OCH3 is 1. The van der Waals surface area contributed by atoms with E-state index in [1.54, 1.807) is 18.9 Å². The largest absolute Gasteiger partial charge is 0.496 e. The van der Waals surface area contributed by atoms with Gasteiger partial charge in [0, 0.05) is 24.0 Å². The number of likely N-dealkylation sites (tertiary alicyclic amines) is 1. The van der Waals surface area contributed by atoms with Crippen molar-refractivity contribution in [2.45, 2.75) is 37.2 Å². The Labute approximate surface area is 139 Å². The Morgan fingerprint density at radius 3 is 2.73 bits per heavy atom. The first-order chi connectivity index (χ1) is 10.6. The zero-order valence-corrected chi connectivity index (χ0v) is 14.8. The Hall–Kier alpha value is -0.970. The molecule has 1 aliphatic rings. The monoisotopic (exact) mass is 320 g/mol.